The first-order valence-electron chi connectivity index (χ1n) is 11.2. The molecule has 32 heavy (non-hydrogen) atoms. The van der Waals surface area contributed by atoms with Crippen LogP contribution in [0.5, 0.6) is 0 Å². The molecular weight excluding hydrogens is 416 g/mol. The lowest BCUT2D eigenvalue weighted by atomic mass is 9.85. The van der Waals surface area contributed by atoms with Crippen molar-refractivity contribution in [1.82, 2.24) is 14.5 Å². The molecule has 1 atom stereocenters. The van der Waals surface area contributed by atoms with Gasteiger partial charge in [-0.25, -0.2) is 9.97 Å². The number of fused-ring (bicyclic) bond motifs is 3. The summed E-state index contributed by atoms with van der Waals surface area (Å²) in [5.41, 5.74) is 9.00. The summed E-state index contributed by atoms with van der Waals surface area (Å²) in [4.78, 5) is 9.51. The number of aryl methyl sites for hydroxylation is 4. The molecule has 1 unspecified atom stereocenters. The fourth-order valence-corrected chi connectivity index (χ4v) is 5.28. The topological polar surface area (TPSA) is 54.5 Å². The lowest BCUT2D eigenvalue weighted by molar-refractivity contribution is 0.742. The minimum absolute atomic E-state index is 0.131. The van der Waals surface area contributed by atoms with Crippen molar-refractivity contribution in [1.29, 1.82) is 5.26 Å². The van der Waals surface area contributed by atoms with Crippen molar-refractivity contribution >= 4 is 22.8 Å². The maximum absolute atomic E-state index is 9.51. The second-order valence-corrected chi connectivity index (χ2v) is 8.94. The summed E-state index contributed by atoms with van der Waals surface area (Å²) in [6, 6.07) is 19.6. The predicted octanol–water partition coefficient (Wildman–Crippen LogP) is 6.15. The van der Waals surface area contributed by atoms with E-state index in [9.17, 15) is 5.26 Å². The van der Waals surface area contributed by atoms with Crippen molar-refractivity contribution in [3.63, 3.8) is 0 Å². The van der Waals surface area contributed by atoms with Gasteiger partial charge in [-0.1, -0.05) is 61.0 Å². The fourth-order valence-electron chi connectivity index (χ4n) is 5.00. The van der Waals surface area contributed by atoms with Gasteiger partial charge < -0.3 is 4.57 Å². The minimum Gasteiger partial charge on any atom is -0.308 e. The highest BCUT2D eigenvalue weighted by atomic mass is 35.5. The van der Waals surface area contributed by atoms with E-state index in [0.29, 0.717) is 18.0 Å². The van der Waals surface area contributed by atoms with Crippen LogP contribution in [0.15, 0.2) is 48.5 Å². The second-order valence-electron chi connectivity index (χ2n) is 8.53. The van der Waals surface area contributed by atoms with E-state index >= 15 is 0 Å². The van der Waals surface area contributed by atoms with Gasteiger partial charge in [-0.2, -0.15) is 5.26 Å². The Labute approximate surface area is 193 Å². The van der Waals surface area contributed by atoms with Gasteiger partial charge in [0.1, 0.15) is 11.3 Å². The average Bonchev–Trinajstić information content (AvgIpc) is 3.06. The number of nitrogens with zero attached hydrogens (tertiary/aromatic N) is 4. The number of hydrogen-bond donors (Lipinski definition) is 0. The summed E-state index contributed by atoms with van der Waals surface area (Å²) in [5.74, 6) is 1.12. The Balaban J connectivity index is 1.57. The molecule has 0 saturated carbocycles. The molecule has 0 aliphatic heterocycles. The second kappa shape index (κ2) is 8.41. The van der Waals surface area contributed by atoms with Gasteiger partial charge in [0.15, 0.2) is 5.65 Å². The van der Waals surface area contributed by atoms with Crippen molar-refractivity contribution in [3.05, 3.63) is 92.9 Å². The molecule has 0 radical (unpaired) electrons. The zero-order valence-corrected chi connectivity index (χ0v) is 19.2. The summed E-state index contributed by atoms with van der Waals surface area (Å²) < 4.78 is 2.19. The van der Waals surface area contributed by atoms with Crippen molar-refractivity contribution in [2.24, 2.45) is 0 Å². The Morgan fingerprint density at radius 3 is 2.66 bits per heavy atom. The summed E-state index contributed by atoms with van der Waals surface area (Å²) >= 11 is 6.47. The molecule has 0 saturated heterocycles. The number of pyridine rings is 1. The van der Waals surface area contributed by atoms with E-state index in [4.69, 9.17) is 21.6 Å². The van der Waals surface area contributed by atoms with E-state index in [1.165, 1.54) is 27.8 Å². The molecule has 2 aromatic carbocycles. The molecule has 4 aromatic rings. The molecule has 0 fully saturated rings. The van der Waals surface area contributed by atoms with Crippen molar-refractivity contribution < 1.29 is 0 Å². The third-order valence-corrected chi connectivity index (χ3v) is 6.78. The van der Waals surface area contributed by atoms with Crippen LogP contribution in [0, 0.1) is 18.3 Å². The zero-order valence-electron chi connectivity index (χ0n) is 18.4. The summed E-state index contributed by atoms with van der Waals surface area (Å²) in [5, 5.41) is 10.2. The van der Waals surface area contributed by atoms with Crippen LogP contribution in [0.1, 0.15) is 58.6 Å². The molecular formula is C27H25ClN4. The molecule has 4 nitrogen and oxygen atoms in total. The highest BCUT2D eigenvalue weighted by Crippen LogP contribution is 2.37. The molecule has 0 spiro atoms. The van der Waals surface area contributed by atoms with Gasteiger partial charge in [0, 0.05) is 24.5 Å². The van der Waals surface area contributed by atoms with Crippen molar-refractivity contribution in [2.75, 3.05) is 0 Å². The van der Waals surface area contributed by atoms with Crippen molar-refractivity contribution in [2.45, 2.75) is 52.0 Å². The first-order valence-corrected chi connectivity index (χ1v) is 11.6. The molecule has 160 valence electrons. The van der Waals surface area contributed by atoms with E-state index in [1.54, 1.807) is 0 Å². The molecule has 5 rings (SSSR count). The number of nitriles is 1. The normalized spacial score (nSPS) is 15.1. The Morgan fingerprint density at radius 2 is 1.84 bits per heavy atom. The van der Waals surface area contributed by atoms with E-state index < -0.39 is 0 Å². The van der Waals surface area contributed by atoms with Gasteiger partial charge in [0.25, 0.3) is 0 Å². The molecule has 1 aliphatic carbocycles. The number of rotatable bonds is 4. The highest BCUT2D eigenvalue weighted by Gasteiger charge is 2.24. The van der Waals surface area contributed by atoms with E-state index in [1.807, 2.05) is 13.0 Å². The number of aromatic nitrogens is 3. The maximum atomic E-state index is 9.51. The van der Waals surface area contributed by atoms with Crippen LogP contribution in [0.2, 0.25) is 5.02 Å². The first kappa shape index (κ1) is 20.7. The third kappa shape index (κ3) is 3.57. The van der Waals surface area contributed by atoms with Crippen LogP contribution in [0.25, 0.3) is 11.2 Å². The molecule has 1 aliphatic rings. The molecule has 0 amide bonds. The maximum Gasteiger partial charge on any atom is 0.162 e. The fraction of sp³-hybridized carbons (Fsp3) is 0.296. The van der Waals surface area contributed by atoms with E-state index in [-0.39, 0.29) is 5.92 Å². The lowest BCUT2D eigenvalue weighted by Gasteiger charge is -2.18. The molecule has 0 N–H and O–H groups in total. The Hall–Kier alpha value is -3.16. The smallest absolute Gasteiger partial charge is 0.162 e. The van der Waals surface area contributed by atoms with Gasteiger partial charge in [0.2, 0.25) is 0 Å². The summed E-state index contributed by atoms with van der Waals surface area (Å²) in [7, 11) is 0. The van der Waals surface area contributed by atoms with Crippen molar-refractivity contribution in [3.8, 4) is 6.07 Å². The Bertz CT molecular complexity index is 1360. The lowest BCUT2D eigenvalue weighted by Crippen LogP contribution is -2.08. The van der Waals surface area contributed by atoms with Gasteiger partial charge in [-0.3, -0.25) is 0 Å². The number of hydrogen-bond acceptors (Lipinski definition) is 3. The zero-order chi connectivity index (χ0) is 22.2. The van der Waals surface area contributed by atoms with Gasteiger partial charge in [-0.15, -0.1) is 0 Å². The van der Waals surface area contributed by atoms with Crippen LogP contribution in [-0.2, 0) is 25.8 Å². The molecule has 5 heteroatoms. The Kier molecular flexibility index (Phi) is 5.45. The van der Waals surface area contributed by atoms with Gasteiger partial charge in [0.05, 0.1) is 17.6 Å². The number of imidazole rings is 1. The SMILES string of the molecule is CCc1nc2c(Cl)cc(C)nc2n1Cc1ccc2c(c1)CCc1ccccc1C2CC#N. The molecule has 2 heterocycles. The largest absolute Gasteiger partial charge is 0.308 e. The quantitative estimate of drug-likeness (QED) is 0.382. The Morgan fingerprint density at radius 1 is 1.06 bits per heavy atom. The highest BCUT2D eigenvalue weighted by molar-refractivity contribution is 6.34. The van der Waals surface area contributed by atoms with Gasteiger partial charge in [-0.05, 0) is 53.6 Å². The summed E-state index contributed by atoms with van der Waals surface area (Å²) in [6.07, 6.45) is 3.29. The molecule has 2 aromatic heterocycles. The molecule has 0 bridgehead atoms. The van der Waals surface area contributed by atoms with Gasteiger partial charge >= 0.3 is 0 Å². The standard InChI is InChI=1S/C27H25ClN4/c1-3-25-31-26-24(28)14-17(2)30-27(26)32(25)16-18-8-11-22-20(15-18)10-9-19-6-4-5-7-21(19)23(22)12-13-29/h4-8,11,14-15,23H,3,9-10,12,16H2,1-2H3. The first-order chi connectivity index (χ1) is 15.6. The van der Waals surface area contributed by atoms with Crippen LogP contribution in [0.3, 0.4) is 0 Å². The van der Waals surface area contributed by atoms with E-state index in [0.717, 1.165) is 41.9 Å². The minimum atomic E-state index is 0.131. The average molecular weight is 441 g/mol. The number of benzene rings is 2. The monoisotopic (exact) mass is 440 g/mol. The van der Waals surface area contributed by atoms with E-state index in [2.05, 4.69) is 60.0 Å². The summed E-state index contributed by atoms with van der Waals surface area (Å²) in [6.45, 7) is 4.78. The predicted molar refractivity (Wildman–Crippen MR) is 128 cm³/mol. The van der Waals surface area contributed by atoms with Crippen LogP contribution >= 0.6 is 11.6 Å². The van der Waals surface area contributed by atoms with Crippen LogP contribution in [0.4, 0.5) is 0 Å². The third-order valence-electron chi connectivity index (χ3n) is 6.49. The van der Waals surface area contributed by atoms with Crippen LogP contribution < -0.4 is 0 Å². The number of halogens is 1. The van der Waals surface area contributed by atoms with Crippen LogP contribution in [-0.4, -0.2) is 14.5 Å².